The summed E-state index contributed by atoms with van der Waals surface area (Å²) < 4.78 is 43.9. The Morgan fingerprint density at radius 2 is 1.43 bits per heavy atom. The van der Waals surface area contributed by atoms with Crippen LogP contribution in [0.4, 0.5) is 29.3 Å². The molecule has 2 amide bonds. The molecule has 6 nitrogen and oxygen atoms in total. The van der Waals surface area contributed by atoms with Crippen molar-refractivity contribution in [3.05, 3.63) is 72.3 Å². The molecule has 0 fully saturated rings. The molecule has 0 radical (unpaired) electrons. The highest BCUT2D eigenvalue weighted by Gasteiger charge is 2.62. The van der Waals surface area contributed by atoms with E-state index in [1.54, 1.807) is 12.1 Å². The van der Waals surface area contributed by atoms with Gasteiger partial charge < -0.3 is 20.5 Å². The topological polar surface area (TPSA) is 87.7 Å². The van der Waals surface area contributed by atoms with Crippen molar-refractivity contribution in [2.45, 2.75) is 11.8 Å². The molecule has 0 aliphatic carbocycles. The van der Waals surface area contributed by atoms with Crippen LogP contribution < -0.4 is 10.6 Å². The van der Waals surface area contributed by atoms with Crippen molar-refractivity contribution < 1.29 is 32.6 Å². The molecule has 0 aromatic heterocycles. The first kappa shape index (κ1) is 21.1. The highest BCUT2D eigenvalue weighted by Crippen LogP contribution is 2.40. The molecule has 3 aromatic rings. The number of amides is 2. The van der Waals surface area contributed by atoms with Crippen molar-refractivity contribution in [1.29, 1.82) is 0 Å². The van der Waals surface area contributed by atoms with Gasteiger partial charge in [-0.25, -0.2) is 9.59 Å². The van der Waals surface area contributed by atoms with Crippen molar-refractivity contribution in [2.75, 3.05) is 17.7 Å². The van der Waals surface area contributed by atoms with Crippen LogP contribution >= 0.6 is 0 Å². The fourth-order valence-electron chi connectivity index (χ4n) is 2.90. The van der Waals surface area contributed by atoms with E-state index in [4.69, 9.17) is 0 Å². The summed E-state index contributed by atoms with van der Waals surface area (Å²) in [5.74, 6) is -1.86. The van der Waals surface area contributed by atoms with Crippen LogP contribution in [0.3, 0.4) is 0 Å². The third-order valence-corrected chi connectivity index (χ3v) is 4.46. The Bertz CT molecular complexity index is 1080. The van der Waals surface area contributed by atoms with Crippen molar-refractivity contribution in [1.82, 2.24) is 0 Å². The van der Waals surface area contributed by atoms with Gasteiger partial charge in [-0.2, -0.15) is 13.2 Å². The van der Waals surface area contributed by atoms with E-state index in [1.807, 2.05) is 30.3 Å². The molecule has 0 saturated carbocycles. The van der Waals surface area contributed by atoms with Crippen LogP contribution in [-0.4, -0.2) is 30.4 Å². The van der Waals surface area contributed by atoms with E-state index >= 15 is 0 Å². The molecule has 1 atom stereocenters. The number of fused-ring (bicyclic) bond motifs is 1. The number of alkyl halides is 3. The Labute approximate surface area is 169 Å². The summed E-state index contributed by atoms with van der Waals surface area (Å²) in [4.78, 5) is 23.8. The van der Waals surface area contributed by atoms with Crippen molar-refractivity contribution in [3.63, 3.8) is 0 Å². The highest BCUT2D eigenvalue weighted by atomic mass is 19.4. The first-order valence-corrected chi connectivity index (χ1v) is 8.70. The average Bonchev–Trinajstić information content (AvgIpc) is 2.72. The van der Waals surface area contributed by atoms with Gasteiger partial charge in [-0.05, 0) is 35.0 Å². The molecule has 0 saturated heterocycles. The number of carbonyl (C=O) groups is 2. The van der Waals surface area contributed by atoms with E-state index in [9.17, 15) is 27.9 Å². The zero-order valence-corrected chi connectivity index (χ0v) is 15.7. The van der Waals surface area contributed by atoms with Gasteiger partial charge in [0.05, 0.1) is 7.11 Å². The molecule has 0 aliphatic rings. The number of carbonyl (C=O) groups excluding carboxylic acids is 2. The largest absolute Gasteiger partial charge is 0.466 e. The number of hydrogen-bond acceptors (Lipinski definition) is 4. The molecule has 0 aliphatic heterocycles. The minimum absolute atomic E-state index is 0.159. The third-order valence-electron chi connectivity index (χ3n) is 4.46. The summed E-state index contributed by atoms with van der Waals surface area (Å²) in [6.07, 6.45) is -5.29. The van der Waals surface area contributed by atoms with E-state index in [-0.39, 0.29) is 5.69 Å². The number of ether oxygens (including phenoxy) is 1. The monoisotopic (exact) mass is 418 g/mol. The summed E-state index contributed by atoms with van der Waals surface area (Å²) in [7, 11) is 0.742. The number of anilines is 2. The predicted octanol–water partition coefficient (Wildman–Crippen LogP) is 4.41. The molecule has 3 aromatic carbocycles. The normalized spacial score (nSPS) is 13.4. The lowest BCUT2D eigenvalue weighted by Crippen LogP contribution is -2.49. The lowest BCUT2D eigenvalue weighted by molar-refractivity contribution is -0.266. The van der Waals surface area contributed by atoms with Crippen LogP contribution in [0.25, 0.3) is 10.8 Å². The minimum Gasteiger partial charge on any atom is -0.466 e. The summed E-state index contributed by atoms with van der Waals surface area (Å²) in [5, 5.41) is 17.0. The van der Waals surface area contributed by atoms with Gasteiger partial charge in [0.1, 0.15) is 0 Å². The number of nitrogens with one attached hydrogen (secondary N) is 2. The summed E-state index contributed by atoms with van der Waals surface area (Å²) in [6.45, 7) is 0. The predicted molar refractivity (Wildman–Crippen MR) is 105 cm³/mol. The maximum Gasteiger partial charge on any atom is 0.432 e. The van der Waals surface area contributed by atoms with Crippen molar-refractivity contribution in [2.24, 2.45) is 0 Å². The fraction of sp³-hybridized carbons (Fsp3) is 0.143. The quantitative estimate of drug-likeness (QED) is 0.548. The molecule has 1 unspecified atom stereocenters. The Morgan fingerprint density at radius 3 is 2.03 bits per heavy atom. The van der Waals surface area contributed by atoms with Crippen LogP contribution in [0.5, 0.6) is 0 Å². The van der Waals surface area contributed by atoms with Gasteiger partial charge >= 0.3 is 18.2 Å². The first-order chi connectivity index (χ1) is 14.1. The van der Waals surface area contributed by atoms with E-state index in [0.717, 1.165) is 42.1 Å². The molecule has 3 N–H and O–H groups in total. The lowest BCUT2D eigenvalue weighted by Gasteiger charge is -2.28. The van der Waals surface area contributed by atoms with E-state index in [1.165, 1.54) is 0 Å². The van der Waals surface area contributed by atoms with Crippen LogP contribution in [0.2, 0.25) is 0 Å². The average molecular weight is 418 g/mol. The zero-order valence-electron chi connectivity index (χ0n) is 15.7. The fourth-order valence-corrected chi connectivity index (χ4v) is 2.90. The second-order valence-electron chi connectivity index (χ2n) is 6.42. The SMILES string of the molecule is COC(=O)C(O)(c1ccc(NC(=O)Nc2ccc3ccccc3c2)cc1)C(F)(F)F. The number of aliphatic hydroxyl groups is 1. The number of hydrogen-bond donors (Lipinski definition) is 3. The second-order valence-corrected chi connectivity index (χ2v) is 6.42. The molecule has 30 heavy (non-hydrogen) atoms. The number of urea groups is 1. The molecule has 0 spiro atoms. The van der Waals surface area contributed by atoms with Gasteiger partial charge in [0.25, 0.3) is 5.60 Å². The molecule has 0 heterocycles. The highest BCUT2D eigenvalue weighted by molar-refractivity contribution is 6.01. The van der Waals surface area contributed by atoms with E-state index < -0.39 is 29.3 Å². The summed E-state index contributed by atoms with van der Waals surface area (Å²) in [6, 6.07) is 16.3. The number of methoxy groups -OCH3 is 1. The van der Waals surface area contributed by atoms with Crippen molar-refractivity contribution >= 4 is 34.1 Å². The molecule has 0 bridgehead atoms. The van der Waals surface area contributed by atoms with Gasteiger partial charge in [-0.15, -0.1) is 0 Å². The maximum atomic E-state index is 13.3. The van der Waals surface area contributed by atoms with Gasteiger partial charge in [-0.1, -0.05) is 42.5 Å². The van der Waals surface area contributed by atoms with Crippen LogP contribution in [0, 0.1) is 0 Å². The molecular formula is C21H17F3N2O4. The van der Waals surface area contributed by atoms with Gasteiger partial charge in [0.2, 0.25) is 0 Å². The Morgan fingerprint density at radius 1 is 0.867 bits per heavy atom. The van der Waals surface area contributed by atoms with E-state index in [2.05, 4.69) is 15.4 Å². The first-order valence-electron chi connectivity index (χ1n) is 8.70. The zero-order chi connectivity index (χ0) is 21.9. The number of esters is 1. The second kappa shape index (κ2) is 8.03. The Hall–Kier alpha value is -3.59. The number of benzene rings is 3. The summed E-state index contributed by atoms with van der Waals surface area (Å²) in [5.41, 5.74) is -3.86. The van der Waals surface area contributed by atoms with Crippen LogP contribution in [0.1, 0.15) is 5.56 Å². The smallest absolute Gasteiger partial charge is 0.432 e. The molecular weight excluding hydrogens is 401 g/mol. The van der Waals surface area contributed by atoms with E-state index in [0.29, 0.717) is 5.69 Å². The van der Waals surface area contributed by atoms with Crippen molar-refractivity contribution in [3.8, 4) is 0 Å². The standard InChI is InChI=1S/C21H17F3N2O4/c1-30-18(27)20(29,21(22,23)24)15-7-10-16(11-8-15)25-19(28)26-17-9-6-13-4-2-3-5-14(13)12-17/h2-12,29H,1H3,(H2,25,26,28). The third kappa shape index (κ3) is 4.06. The molecule has 9 heteroatoms. The lowest BCUT2D eigenvalue weighted by atomic mass is 9.93. The maximum absolute atomic E-state index is 13.3. The number of rotatable bonds is 4. The van der Waals surface area contributed by atoms with Crippen LogP contribution in [0.15, 0.2) is 66.7 Å². The van der Waals surface area contributed by atoms with Gasteiger partial charge in [0.15, 0.2) is 0 Å². The molecule has 3 rings (SSSR count). The molecule has 156 valence electrons. The van der Waals surface area contributed by atoms with Crippen LogP contribution in [-0.2, 0) is 15.1 Å². The summed E-state index contributed by atoms with van der Waals surface area (Å²) >= 11 is 0. The minimum atomic E-state index is -5.29. The Balaban J connectivity index is 1.74. The van der Waals surface area contributed by atoms with Gasteiger partial charge in [0, 0.05) is 16.9 Å². The Kier molecular flexibility index (Phi) is 5.66. The van der Waals surface area contributed by atoms with Gasteiger partial charge in [-0.3, -0.25) is 0 Å². The number of halogens is 3.